The Kier molecular flexibility index (Phi) is 4.78. The molecule has 0 aliphatic carbocycles. The Bertz CT molecular complexity index is 495. The van der Waals surface area contributed by atoms with Gasteiger partial charge in [0.2, 0.25) is 0 Å². The van der Waals surface area contributed by atoms with E-state index >= 15 is 0 Å². The van der Waals surface area contributed by atoms with Gasteiger partial charge in [-0.3, -0.25) is 10.1 Å². The summed E-state index contributed by atoms with van der Waals surface area (Å²) in [5.41, 5.74) is 0.148. The number of hydrogen-bond donors (Lipinski definition) is 2. The minimum absolute atomic E-state index is 0.290. The summed E-state index contributed by atoms with van der Waals surface area (Å²) in [6, 6.07) is 4.63. The van der Waals surface area contributed by atoms with Crippen molar-refractivity contribution in [2.75, 3.05) is 12.4 Å². The molecule has 6 heteroatoms. The van der Waals surface area contributed by atoms with Crippen LogP contribution in [0.4, 0.5) is 10.5 Å². The first-order valence-corrected chi connectivity index (χ1v) is 6.12. The molecule has 0 saturated carbocycles. The van der Waals surface area contributed by atoms with Gasteiger partial charge in [-0.05, 0) is 39.0 Å². The summed E-state index contributed by atoms with van der Waals surface area (Å²) in [7, 11) is 1.51. The summed E-state index contributed by atoms with van der Waals surface area (Å²) in [4.78, 5) is 23.2. The molecular weight excluding hydrogens is 268 g/mol. The molecule has 0 aromatic heterocycles. The number of hydrogen-bond acceptors (Lipinski definition) is 3. The van der Waals surface area contributed by atoms with E-state index in [4.69, 9.17) is 16.3 Å². The Balaban J connectivity index is 2.86. The molecule has 0 bridgehead atoms. The van der Waals surface area contributed by atoms with Crippen LogP contribution in [0, 0.1) is 0 Å². The molecule has 0 atom stereocenters. The topological polar surface area (TPSA) is 67.4 Å². The molecule has 1 aromatic rings. The lowest BCUT2D eigenvalue weighted by atomic mass is 10.2. The summed E-state index contributed by atoms with van der Waals surface area (Å²) in [5, 5.41) is 5.33. The zero-order chi connectivity index (χ0) is 14.6. The van der Waals surface area contributed by atoms with E-state index in [1.54, 1.807) is 32.9 Å². The minimum Gasteiger partial charge on any atom is -0.444 e. The van der Waals surface area contributed by atoms with E-state index in [-0.39, 0.29) is 11.5 Å². The summed E-state index contributed by atoms with van der Waals surface area (Å²) >= 11 is 5.91. The van der Waals surface area contributed by atoms with E-state index in [1.807, 2.05) is 0 Å². The van der Waals surface area contributed by atoms with Crippen LogP contribution in [0.2, 0.25) is 5.02 Å². The fourth-order valence-corrected chi connectivity index (χ4v) is 1.54. The number of benzene rings is 1. The normalized spacial score (nSPS) is 10.8. The first kappa shape index (κ1) is 15.3. The maximum atomic E-state index is 11.6. The van der Waals surface area contributed by atoms with Crippen LogP contribution in [-0.2, 0) is 4.74 Å². The molecule has 1 rings (SSSR count). The van der Waals surface area contributed by atoms with Gasteiger partial charge in [-0.15, -0.1) is 0 Å². The molecule has 0 spiro atoms. The number of nitrogens with one attached hydrogen (secondary N) is 2. The maximum Gasteiger partial charge on any atom is 0.412 e. The average Bonchev–Trinajstić information content (AvgIpc) is 2.28. The SMILES string of the molecule is CNC(=O)c1cc(NC(=O)OC(C)(C)C)ccc1Cl. The Morgan fingerprint density at radius 2 is 1.89 bits per heavy atom. The van der Waals surface area contributed by atoms with Crippen LogP contribution >= 0.6 is 11.6 Å². The third kappa shape index (κ3) is 4.79. The fourth-order valence-electron chi connectivity index (χ4n) is 1.33. The highest BCUT2D eigenvalue weighted by molar-refractivity contribution is 6.34. The lowest BCUT2D eigenvalue weighted by molar-refractivity contribution is 0.0635. The zero-order valence-electron chi connectivity index (χ0n) is 11.3. The molecule has 1 aromatic carbocycles. The van der Waals surface area contributed by atoms with Crippen molar-refractivity contribution in [2.24, 2.45) is 0 Å². The minimum atomic E-state index is -0.585. The van der Waals surface area contributed by atoms with Gasteiger partial charge in [-0.25, -0.2) is 4.79 Å². The number of rotatable bonds is 2. The standard InChI is InChI=1S/C13H17ClN2O3/c1-13(2,3)19-12(18)16-8-5-6-10(14)9(7-8)11(17)15-4/h5-7H,1-4H3,(H,15,17)(H,16,18). The van der Waals surface area contributed by atoms with E-state index in [0.29, 0.717) is 10.7 Å². The van der Waals surface area contributed by atoms with Gasteiger partial charge in [-0.1, -0.05) is 11.6 Å². The van der Waals surface area contributed by atoms with Gasteiger partial charge < -0.3 is 10.1 Å². The Morgan fingerprint density at radius 1 is 1.26 bits per heavy atom. The number of carbonyl (C=O) groups is 2. The third-order valence-corrected chi connectivity index (χ3v) is 2.41. The Morgan fingerprint density at radius 3 is 2.42 bits per heavy atom. The number of amides is 2. The highest BCUT2D eigenvalue weighted by Crippen LogP contribution is 2.21. The monoisotopic (exact) mass is 284 g/mol. The second-order valence-electron chi connectivity index (χ2n) is 4.90. The largest absolute Gasteiger partial charge is 0.444 e. The summed E-state index contributed by atoms with van der Waals surface area (Å²) in [5.74, 6) is -0.321. The van der Waals surface area contributed by atoms with Crippen LogP contribution in [0.25, 0.3) is 0 Å². The number of carbonyl (C=O) groups excluding carboxylic acids is 2. The molecule has 2 amide bonds. The Hall–Kier alpha value is -1.75. The van der Waals surface area contributed by atoms with E-state index in [2.05, 4.69) is 10.6 Å². The lowest BCUT2D eigenvalue weighted by Gasteiger charge is -2.19. The second kappa shape index (κ2) is 5.93. The molecule has 0 heterocycles. The van der Waals surface area contributed by atoms with Gasteiger partial charge in [-0.2, -0.15) is 0 Å². The van der Waals surface area contributed by atoms with Crippen molar-refractivity contribution in [1.29, 1.82) is 0 Å². The molecule has 0 aliphatic rings. The summed E-state index contributed by atoms with van der Waals surface area (Å²) in [6.07, 6.45) is -0.585. The zero-order valence-corrected chi connectivity index (χ0v) is 12.1. The number of anilines is 1. The van der Waals surface area contributed by atoms with Crippen molar-refractivity contribution in [3.63, 3.8) is 0 Å². The quantitative estimate of drug-likeness (QED) is 0.877. The van der Waals surface area contributed by atoms with Crippen LogP contribution in [0.5, 0.6) is 0 Å². The van der Waals surface area contributed by atoms with Gasteiger partial charge in [0.15, 0.2) is 0 Å². The predicted molar refractivity (Wildman–Crippen MR) is 74.7 cm³/mol. The predicted octanol–water partition coefficient (Wildman–Crippen LogP) is 3.05. The van der Waals surface area contributed by atoms with Crippen LogP contribution in [0.15, 0.2) is 18.2 Å². The van der Waals surface area contributed by atoms with Crippen molar-refractivity contribution in [2.45, 2.75) is 26.4 Å². The molecule has 0 saturated heterocycles. The molecule has 5 nitrogen and oxygen atoms in total. The first-order chi connectivity index (χ1) is 8.73. The van der Waals surface area contributed by atoms with Crippen LogP contribution < -0.4 is 10.6 Å². The maximum absolute atomic E-state index is 11.6. The van der Waals surface area contributed by atoms with E-state index < -0.39 is 11.7 Å². The fraction of sp³-hybridized carbons (Fsp3) is 0.385. The molecular formula is C13H17ClN2O3. The van der Waals surface area contributed by atoms with Gasteiger partial charge in [0.05, 0.1) is 10.6 Å². The van der Waals surface area contributed by atoms with Crippen molar-refractivity contribution in [3.05, 3.63) is 28.8 Å². The molecule has 2 N–H and O–H groups in total. The summed E-state index contributed by atoms with van der Waals surface area (Å²) < 4.78 is 5.11. The van der Waals surface area contributed by atoms with Gasteiger partial charge in [0, 0.05) is 12.7 Å². The van der Waals surface area contributed by atoms with Crippen LogP contribution in [-0.4, -0.2) is 24.6 Å². The first-order valence-electron chi connectivity index (χ1n) is 5.74. The van der Waals surface area contributed by atoms with Crippen molar-refractivity contribution in [3.8, 4) is 0 Å². The van der Waals surface area contributed by atoms with E-state index in [9.17, 15) is 9.59 Å². The van der Waals surface area contributed by atoms with Gasteiger partial charge >= 0.3 is 6.09 Å². The molecule has 0 radical (unpaired) electrons. The molecule has 0 fully saturated rings. The van der Waals surface area contributed by atoms with Gasteiger partial charge in [0.25, 0.3) is 5.91 Å². The highest BCUT2D eigenvalue weighted by atomic mass is 35.5. The van der Waals surface area contributed by atoms with Crippen molar-refractivity contribution >= 4 is 29.3 Å². The van der Waals surface area contributed by atoms with Crippen LogP contribution in [0.3, 0.4) is 0 Å². The second-order valence-corrected chi connectivity index (χ2v) is 5.31. The molecule has 0 aliphatic heterocycles. The lowest BCUT2D eigenvalue weighted by Crippen LogP contribution is -2.27. The van der Waals surface area contributed by atoms with Gasteiger partial charge in [0.1, 0.15) is 5.60 Å². The Labute approximate surface area is 117 Å². The van der Waals surface area contributed by atoms with Crippen molar-refractivity contribution < 1.29 is 14.3 Å². The molecule has 104 valence electrons. The third-order valence-electron chi connectivity index (χ3n) is 2.08. The molecule has 0 unspecified atom stereocenters. The van der Waals surface area contributed by atoms with E-state index in [1.165, 1.54) is 13.1 Å². The van der Waals surface area contributed by atoms with Crippen LogP contribution in [0.1, 0.15) is 31.1 Å². The number of ether oxygens (including phenoxy) is 1. The highest BCUT2D eigenvalue weighted by Gasteiger charge is 2.17. The average molecular weight is 285 g/mol. The van der Waals surface area contributed by atoms with E-state index in [0.717, 1.165) is 0 Å². The smallest absolute Gasteiger partial charge is 0.412 e. The summed E-state index contributed by atoms with van der Waals surface area (Å²) in [6.45, 7) is 5.30. The molecule has 19 heavy (non-hydrogen) atoms. The number of halogens is 1. The van der Waals surface area contributed by atoms with Crippen molar-refractivity contribution in [1.82, 2.24) is 5.32 Å².